The monoisotopic (exact) mass is 298 g/mol. The van der Waals surface area contributed by atoms with Gasteiger partial charge in [-0.1, -0.05) is 6.92 Å². The average Bonchev–Trinajstić information content (AvgIpc) is 2.93. The van der Waals surface area contributed by atoms with Gasteiger partial charge in [-0.2, -0.15) is 0 Å². The molecule has 1 aliphatic carbocycles. The highest BCUT2D eigenvalue weighted by atomic mass is 16.5. The molecule has 21 heavy (non-hydrogen) atoms. The highest BCUT2D eigenvalue weighted by Crippen LogP contribution is 2.35. The van der Waals surface area contributed by atoms with Gasteiger partial charge in [0.1, 0.15) is 5.54 Å². The molecule has 1 heterocycles. The van der Waals surface area contributed by atoms with Gasteiger partial charge in [-0.05, 0) is 57.7 Å². The van der Waals surface area contributed by atoms with Crippen molar-refractivity contribution in [2.75, 3.05) is 40.5 Å². The second-order valence-corrected chi connectivity index (χ2v) is 6.44. The van der Waals surface area contributed by atoms with E-state index < -0.39 is 5.54 Å². The molecule has 2 fully saturated rings. The molecule has 1 N–H and O–H groups in total. The van der Waals surface area contributed by atoms with E-state index in [4.69, 9.17) is 9.47 Å². The van der Waals surface area contributed by atoms with Crippen LogP contribution in [-0.2, 0) is 14.3 Å². The number of carbonyl (C=O) groups is 1. The second-order valence-electron chi connectivity index (χ2n) is 6.44. The summed E-state index contributed by atoms with van der Waals surface area (Å²) in [6, 6.07) is 0.506. The number of hydrogen-bond donors (Lipinski definition) is 1. The molecule has 0 aromatic rings. The molecule has 2 rings (SSSR count). The predicted octanol–water partition coefficient (Wildman–Crippen LogP) is 1.42. The minimum atomic E-state index is -0.461. The Morgan fingerprint density at radius 3 is 2.57 bits per heavy atom. The lowest BCUT2D eigenvalue weighted by molar-refractivity contribution is -0.148. The Kier molecular flexibility index (Phi) is 6.02. The molecule has 0 aromatic carbocycles. The van der Waals surface area contributed by atoms with Crippen LogP contribution >= 0.6 is 0 Å². The summed E-state index contributed by atoms with van der Waals surface area (Å²) in [4.78, 5) is 14.7. The number of rotatable bonds is 6. The smallest absolute Gasteiger partial charge is 0.326 e. The fourth-order valence-electron chi connectivity index (χ4n) is 4.00. The molecule has 0 spiro atoms. The van der Waals surface area contributed by atoms with Crippen LogP contribution in [0.5, 0.6) is 0 Å². The summed E-state index contributed by atoms with van der Waals surface area (Å²) < 4.78 is 10.3. The Labute approximate surface area is 128 Å². The summed E-state index contributed by atoms with van der Waals surface area (Å²) in [5.41, 5.74) is -0.461. The number of esters is 1. The molecule has 1 aliphatic heterocycles. The third-order valence-electron chi connectivity index (χ3n) is 5.15. The van der Waals surface area contributed by atoms with E-state index >= 15 is 0 Å². The molecule has 2 unspecified atom stereocenters. The number of hydrogen-bond acceptors (Lipinski definition) is 5. The van der Waals surface area contributed by atoms with Crippen LogP contribution in [0.4, 0.5) is 0 Å². The Balaban J connectivity index is 1.91. The summed E-state index contributed by atoms with van der Waals surface area (Å²) in [7, 11) is 3.27. The quantitative estimate of drug-likeness (QED) is 0.752. The number of likely N-dealkylation sites (N-methyl/N-ethyl adjacent to an activating group) is 1. The summed E-state index contributed by atoms with van der Waals surface area (Å²) in [6.07, 6.45) is 5.25. The van der Waals surface area contributed by atoms with Crippen molar-refractivity contribution >= 4 is 5.97 Å². The van der Waals surface area contributed by atoms with E-state index in [-0.39, 0.29) is 5.97 Å². The molecule has 5 heteroatoms. The van der Waals surface area contributed by atoms with E-state index in [2.05, 4.69) is 10.2 Å². The van der Waals surface area contributed by atoms with E-state index in [1.165, 1.54) is 20.0 Å². The zero-order chi connectivity index (χ0) is 15.3. The number of carbonyl (C=O) groups excluding carboxylic acids is 1. The van der Waals surface area contributed by atoms with Gasteiger partial charge in [0.25, 0.3) is 0 Å². The molecule has 2 aliphatic rings. The van der Waals surface area contributed by atoms with E-state index in [1.54, 1.807) is 7.11 Å². The Morgan fingerprint density at radius 2 is 2.00 bits per heavy atom. The average molecular weight is 298 g/mol. The Hall–Kier alpha value is -0.650. The van der Waals surface area contributed by atoms with E-state index in [9.17, 15) is 4.79 Å². The summed E-state index contributed by atoms with van der Waals surface area (Å²) in [5.74, 6) is 0.605. The molecule has 122 valence electrons. The minimum absolute atomic E-state index is 0.0962. The molecular weight excluding hydrogens is 268 g/mol. The summed E-state index contributed by atoms with van der Waals surface area (Å²) in [5, 5.41) is 3.39. The van der Waals surface area contributed by atoms with Crippen LogP contribution in [0.2, 0.25) is 0 Å². The molecule has 2 atom stereocenters. The third-order valence-corrected chi connectivity index (χ3v) is 5.15. The van der Waals surface area contributed by atoms with Crippen LogP contribution < -0.4 is 5.32 Å². The summed E-state index contributed by atoms with van der Waals surface area (Å²) >= 11 is 0. The largest absolute Gasteiger partial charge is 0.468 e. The third kappa shape index (κ3) is 3.76. The number of methoxy groups -OCH3 is 2. The highest BCUT2D eigenvalue weighted by molar-refractivity contribution is 5.81. The molecule has 1 saturated carbocycles. The Morgan fingerprint density at radius 1 is 1.29 bits per heavy atom. The van der Waals surface area contributed by atoms with Crippen LogP contribution in [0.15, 0.2) is 0 Å². The van der Waals surface area contributed by atoms with E-state index in [0.29, 0.717) is 12.0 Å². The van der Waals surface area contributed by atoms with Crippen molar-refractivity contribution in [1.29, 1.82) is 0 Å². The van der Waals surface area contributed by atoms with Gasteiger partial charge in [0.2, 0.25) is 0 Å². The standard InChI is InChI=1S/C16H30N2O3/c1-4-17-16(15(19)21-3)8-5-14(11-16)18-9-6-13(7-10-18)12-20-2/h13-14,17H,4-12H2,1-3H3. The van der Waals surface area contributed by atoms with Crippen LogP contribution in [0.1, 0.15) is 39.0 Å². The lowest BCUT2D eigenvalue weighted by atomic mass is 9.94. The van der Waals surface area contributed by atoms with Gasteiger partial charge >= 0.3 is 5.97 Å². The van der Waals surface area contributed by atoms with Crippen LogP contribution in [0.25, 0.3) is 0 Å². The first-order valence-corrected chi connectivity index (χ1v) is 8.21. The van der Waals surface area contributed by atoms with Crippen molar-refractivity contribution < 1.29 is 14.3 Å². The molecule has 1 saturated heterocycles. The fourth-order valence-corrected chi connectivity index (χ4v) is 4.00. The Bertz CT molecular complexity index is 342. The second kappa shape index (κ2) is 7.56. The lowest BCUT2D eigenvalue weighted by Gasteiger charge is -2.36. The molecule has 0 bridgehead atoms. The van der Waals surface area contributed by atoms with Gasteiger partial charge < -0.3 is 19.7 Å². The molecular formula is C16H30N2O3. The summed E-state index contributed by atoms with van der Waals surface area (Å²) in [6.45, 7) is 5.98. The predicted molar refractivity (Wildman–Crippen MR) is 82.2 cm³/mol. The van der Waals surface area contributed by atoms with Gasteiger partial charge in [-0.15, -0.1) is 0 Å². The van der Waals surface area contributed by atoms with Crippen LogP contribution in [0.3, 0.4) is 0 Å². The number of nitrogens with zero attached hydrogens (tertiary/aromatic N) is 1. The lowest BCUT2D eigenvalue weighted by Crippen LogP contribution is -2.52. The minimum Gasteiger partial charge on any atom is -0.468 e. The number of piperidine rings is 1. The van der Waals surface area contributed by atoms with Crippen LogP contribution in [-0.4, -0.2) is 62.9 Å². The van der Waals surface area contributed by atoms with Crippen molar-refractivity contribution in [2.24, 2.45) is 5.92 Å². The maximum atomic E-state index is 12.2. The van der Waals surface area contributed by atoms with Crippen molar-refractivity contribution in [3.8, 4) is 0 Å². The van der Waals surface area contributed by atoms with E-state index in [0.717, 1.165) is 45.5 Å². The van der Waals surface area contributed by atoms with Gasteiger partial charge in [-0.3, -0.25) is 4.79 Å². The van der Waals surface area contributed by atoms with Gasteiger partial charge in [0, 0.05) is 19.8 Å². The maximum Gasteiger partial charge on any atom is 0.326 e. The van der Waals surface area contributed by atoms with Gasteiger partial charge in [-0.25, -0.2) is 0 Å². The van der Waals surface area contributed by atoms with Crippen molar-refractivity contribution in [3.63, 3.8) is 0 Å². The molecule has 0 radical (unpaired) electrons. The zero-order valence-electron chi connectivity index (χ0n) is 13.7. The topological polar surface area (TPSA) is 50.8 Å². The first-order valence-electron chi connectivity index (χ1n) is 8.21. The highest BCUT2D eigenvalue weighted by Gasteiger charge is 2.47. The van der Waals surface area contributed by atoms with Gasteiger partial charge in [0.15, 0.2) is 0 Å². The van der Waals surface area contributed by atoms with Crippen molar-refractivity contribution in [1.82, 2.24) is 10.2 Å². The molecule has 5 nitrogen and oxygen atoms in total. The fraction of sp³-hybridized carbons (Fsp3) is 0.938. The zero-order valence-corrected chi connectivity index (χ0v) is 13.7. The number of ether oxygens (including phenoxy) is 2. The SMILES string of the molecule is CCNC1(C(=O)OC)CCC(N2CCC(COC)CC2)C1. The van der Waals surface area contributed by atoms with Crippen molar-refractivity contribution in [3.05, 3.63) is 0 Å². The van der Waals surface area contributed by atoms with Crippen LogP contribution in [0, 0.1) is 5.92 Å². The molecule has 0 aromatic heterocycles. The number of nitrogens with one attached hydrogen (secondary N) is 1. The van der Waals surface area contributed by atoms with E-state index in [1.807, 2.05) is 6.92 Å². The molecule has 0 amide bonds. The van der Waals surface area contributed by atoms with Gasteiger partial charge in [0.05, 0.1) is 7.11 Å². The van der Waals surface area contributed by atoms with Crippen molar-refractivity contribution in [2.45, 2.75) is 50.6 Å². The first-order chi connectivity index (χ1) is 10.1. The maximum absolute atomic E-state index is 12.2. The first kappa shape index (κ1) is 16.7. The number of likely N-dealkylation sites (tertiary alicyclic amines) is 1. The normalized spacial score (nSPS) is 31.5.